The molecule has 102 valence electrons. The molecule has 0 bridgehead atoms. The third kappa shape index (κ3) is 3.13. The number of anilines is 2. The van der Waals surface area contributed by atoms with Gasteiger partial charge in [0.15, 0.2) is 0 Å². The van der Waals surface area contributed by atoms with E-state index in [9.17, 15) is 8.42 Å². The van der Waals surface area contributed by atoms with Gasteiger partial charge in [0.2, 0.25) is 0 Å². The summed E-state index contributed by atoms with van der Waals surface area (Å²) in [7, 11) is -3.63. The molecule has 3 N–H and O–H groups in total. The molecule has 8 heteroatoms. The van der Waals surface area contributed by atoms with Crippen molar-refractivity contribution in [3.05, 3.63) is 37.4 Å². The lowest BCUT2D eigenvalue weighted by molar-refractivity contribution is 0.601. The maximum atomic E-state index is 12.3. The molecular weight excluding hydrogens is 416 g/mol. The Labute approximate surface area is 132 Å². The zero-order valence-corrected chi connectivity index (χ0v) is 14.6. The van der Waals surface area contributed by atoms with Gasteiger partial charge in [-0.3, -0.25) is 4.72 Å². The summed E-state index contributed by atoms with van der Waals surface area (Å²) in [6.07, 6.45) is 0. The Hall–Kier alpha value is -0.570. The molecule has 1 aromatic carbocycles. The van der Waals surface area contributed by atoms with Crippen molar-refractivity contribution >= 4 is 64.6 Å². The predicted octanol–water partition coefficient (Wildman–Crippen LogP) is 3.96. The van der Waals surface area contributed by atoms with Crippen LogP contribution in [0.2, 0.25) is 0 Å². The Morgan fingerprint density at radius 2 is 2.00 bits per heavy atom. The highest BCUT2D eigenvalue weighted by Crippen LogP contribution is 2.36. The van der Waals surface area contributed by atoms with E-state index in [0.29, 0.717) is 20.7 Å². The standard InChI is InChI=1S/C11H10Br2N2O2S2/c1-6-7(14)3-2-4-8(6)15-19(16,17)9-5-10(12)18-11(9)13/h2-5,15H,14H2,1H3. The van der Waals surface area contributed by atoms with Gasteiger partial charge in [0, 0.05) is 5.69 Å². The lowest BCUT2D eigenvalue weighted by atomic mass is 10.2. The fraction of sp³-hybridized carbons (Fsp3) is 0.0909. The van der Waals surface area contributed by atoms with E-state index in [1.165, 1.54) is 11.3 Å². The summed E-state index contributed by atoms with van der Waals surface area (Å²) in [4.78, 5) is 0.200. The average Bonchev–Trinajstić information content (AvgIpc) is 2.65. The molecule has 2 aromatic rings. The van der Waals surface area contributed by atoms with E-state index < -0.39 is 10.0 Å². The second-order valence-corrected chi connectivity index (χ2v) is 9.21. The van der Waals surface area contributed by atoms with Gasteiger partial charge < -0.3 is 5.73 Å². The highest BCUT2D eigenvalue weighted by atomic mass is 79.9. The van der Waals surface area contributed by atoms with Gasteiger partial charge >= 0.3 is 0 Å². The normalized spacial score (nSPS) is 11.5. The maximum absolute atomic E-state index is 12.3. The van der Waals surface area contributed by atoms with E-state index in [4.69, 9.17) is 5.73 Å². The van der Waals surface area contributed by atoms with E-state index in [-0.39, 0.29) is 4.90 Å². The van der Waals surface area contributed by atoms with Gasteiger partial charge in [-0.1, -0.05) is 6.07 Å². The largest absolute Gasteiger partial charge is 0.398 e. The molecule has 0 saturated heterocycles. The summed E-state index contributed by atoms with van der Waals surface area (Å²) in [6.45, 7) is 1.77. The summed E-state index contributed by atoms with van der Waals surface area (Å²) in [5, 5.41) is 0. The van der Waals surface area contributed by atoms with Crippen LogP contribution < -0.4 is 10.5 Å². The number of nitrogens with one attached hydrogen (secondary N) is 1. The number of rotatable bonds is 3. The quantitative estimate of drug-likeness (QED) is 0.730. The van der Waals surface area contributed by atoms with Gasteiger partial charge in [-0.25, -0.2) is 8.42 Å². The first kappa shape index (κ1) is 14.8. The second kappa shape index (κ2) is 5.43. The number of nitrogen functional groups attached to an aromatic ring is 1. The fourth-order valence-corrected chi connectivity index (χ4v) is 6.41. The number of nitrogens with two attached hydrogens (primary N) is 1. The van der Waals surface area contributed by atoms with Gasteiger partial charge in [-0.05, 0) is 62.5 Å². The number of benzene rings is 1. The molecule has 0 saturated carbocycles. The lowest BCUT2D eigenvalue weighted by Crippen LogP contribution is -2.13. The highest BCUT2D eigenvalue weighted by Gasteiger charge is 2.21. The summed E-state index contributed by atoms with van der Waals surface area (Å²) in [6, 6.07) is 6.67. The first-order chi connectivity index (χ1) is 8.81. The van der Waals surface area contributed by atoms with Crippen molar-refractivity contribution in [3.8, 4) is 0 Å². The third-order valence-electron chi connectivity index (χ3n) is 2.53. The molecule has 0 radical (unpaired) electrons. The minimum absolute atomic E-state index is 0.200. The van der Waals surface area contributed by atoms with E-state index in [0.717, 1.165) is 3.79 Å². The van der Waals surface area contributed by atoms with E-state index in [1.54, 1.807) is 31.2 Å². The summed E-state index contributed by atoms with van der Waals surface area (Å²) >= 11 is 7.81. The lowest BCUT2D eigenvalue weighted by Gasteiger charge is -2.11. The van der Waals surface area contributed by atoms with Crippen molar-refractivity contribution in [2.24, 2.45) is 0 Å². The van der Waals surface area contributed by atoms with Crippen LogP contribution in [0.1, 0.15) is 5.56 Å². The number of thiophene rings is 1. The number of hydrogen-bond acceptors (Lipinski definition) is 4. The van der Waals surface area contributed by atoms with Gasteiger partial charge in [0.05, 0.1) is 13.3 Å². The van der Waals surface area contributed by atoms with Crippen LogP contribution in [0.4, 0.5) is 11.4 Å². The fourth-order valence-electron chi connectivity index (χ4n) is 1.47. The molecular formula is C11H10Br2N2O2S2. The molecule has 0 aliphatic carbocycles. The molecule has 0 aliphatic heterocycles. The van der Waals surface area contributed by atoms with Crippen LogP contribution in [0.5, 0.6) is 0 Å². The first-order valence-corrected chi connectivity index (χ1v) is 9.02. The first-order valence-electron chi connectivity index (χ1n) is 5.14. The minimum Gasteiger partial charge on any atom is -0.398 e. The maximum Gasteiger partial charge on any atom is 0.263 e. The molecule has 4 nitrogen and oxygen atoms in total. The van der Waals surface area contributed by atoms with Crippen molar-refractivity contribution in [1.29, 1.82) is 0 Å². The minimum atomic E-state index is -3.63. The molecule has 1 aromatic heterocycles. The molecule has 2 rings (SSSR count). The Bertz CT molecular complexity index is 726. The van der Waals surface area contributed by atoms with E-state index in [1.807, 2.05) is 0 Å². The van der Waals surface area contributed by atoms with Crippen LogP contribution in [-0.4, -0.2) is 8.42 Å². The molecule has 0 amide bonds. The molecule has 19 heavy (non-hydrogen) atoms. The topological polar surface area (TPSA) is 72.2 Å². The molecule has 1 heterocycles. The van der Waals surface area contributed by atoms with Gasteiger partial charge in [-0.2, -0.15) is 0 Å². The van der Waals surface area contributed by atoms with Crippen molar-refractivity contribution in [2.75, 3.05) is 10.5 Å². The van der Waals surface area contributed by atoms with Gasteiger partial charge in [0.1, 0.15) is 4.90 Å². The summed E-state index contributed by atoms with van der Waals surface area (Å²) in [5.41, 5.74) is 7.50. The second-order valence-electron chi connectivity index (χ2n) is 3.81. The van der Waals surface area contributed by atoms with E-state index in [2.05, 4.69) is 36.6 Å². The van der Waals surface area contributed by atoms with E-state index >= 15 is 0 Å². The highest BCUT2D eigenvalue weighted by molar-refractivity contribution is 9.12. The van der Waals surface area contributed by atoms with Crippen LogP contribution in [-0.2, 0) is 10.0 Å². The number of hydrogen-bond donors (Lipinski definition) is 2. The smallest absolute Gasteiger partial charge is 0.263 e. The summed E-state index contributed by atoms with van der Waals surface area (Å²) < 4.78 is 28.4. The molecule has 0 aliphatic rings. The zero-order valence-electron chi connectivity index (χ0n) is 9.78. The Kier molecular flexibility index (Phi) is 4.24. The van der Waals surface area contributed by atoms with Crippen molar-refractivity contribution in [3.63, 3.8) is 0 Å². The molecule has 0 unspecified atom stereocenters. The average molecular weight is 426 g/mol. The Balaban J connectivity index is 2.42. The summed E-state index contributed by atoms with van der Waals surface area (Å²) in [5.74, 6) is 0. The number of sulfonamides is 1. The van der Waals surface area contributed by atoms with Crippen LogP contribution in [0.25, 0.3) is 0 Å². The van der Waals surface area contributed by atoms with Crippen molar-refractivity contribution in [1.82, 2.24) is 0 Å². The van der Waals surface area contributed by atoms with Crippen LogP contribution >= 0.6 is 43.2 Å². The Morgan fingerprint density at radius 3 is 2.58 bits per heavy atom. The predicted molar refractivity (Wildman–Crippen MR) is 86.1 cm³/mol. The van der Waals surface area contributed by atoms with Crippen LogP contribution in [0, 0.1) is 6.92 Å². The molecule has 0 spiro atoms. The van der Waals surface area contributed by atoms with Crippen LogP contribution in [0.3, 0.4) is 0 Å². The molecule has 0 atom stereocenters. The van der Waals surface area contributed by atoms with Gasteiger partial charge in [-0.15, -0.1) is 11.3 Å². The molecule has 0 fully saturated rings. The van der Waals surface area contributed by atoms with Gasteiger partial charge in [0.25, 0.3) is 10.0 Å². The van der Waals surface area contributed by atoms with Crippen molar-refractivity contribution < 1.29 is 8.42 Å². The SMILES string of the molecule is Cc1c(N)cccc1NS(=O)(=O)c1cc(Br)sc1Br. The van der Waals surface area contributed by atoms with Crippen molar-refractivity contribution in [2.45, 2.75) is 11.8 Å². The number of halogens is 2. The Morgan fingerprint density at radius 1 is 1.32 bits per heavy atom. The zero-order chi connectivity index (χ0) is 14.2. The van der Waals surface area contributed by atoms with Crippen LogP contribution in [0.15, 0.2) is 36.7 Å². The third-order valence-corrected chi connectivity index (χ3v) is 6.66. The monoisotopic (exact) mass is 424 g/mol.